The molecule has 2 bridgehead atoms. The fourth-order valence-electron chi connectivity index (χ4n) is 2.91. The summed E-state index contributed by atoms with van der Waals surface area (Å²) in [7, 11) is 2.07. The normalized spacial score (nSPS) is 30.6. The molecule has 0 spiro atoms. The Labute approximate surface area is 96.7 Å². The molecule has 1 N–H and O–H groups in total. The number of rotatable bonds is 2. The predicted molar refractivity (Wildman–Crippen MR) is 63.0 cm³/mol. The highest BCUT2D eigenvalue weighted by molar-refractivity contribution is 4.94. The fourth-order valence-corrected chi connectivity index (χ4v) is 2.91. The maximum atomic E-state index is 4.40. The molecule has 0 saturated carbocycles. The maximum absolute atomic E-state index is 4.40. The number of hydrogen-bond donors (Lipinski definition) is 1. The molecule has 2 unspecified atom stereocenters. The summed E-state index contributed by atoms with van der Waals surface area (Å²) in [6, 6.07) is 1.49. The first kappa shape index (κ1) is 10.3. The average Bonchev–Trinajstić information content (AvgIpc) is 2.78. The van der Waals surface area contributed by atoms with Gasteiger partial charge in [-0.2, -0.15) is 0 Å². The first-order valence-corrected chi connectivity index (χ1v) is 6.26. The number of hydrogen-bond acceptors (Lipinski definition) is 3. The minimum Gasteiger partial charge on any atom is -0.337 e. The van der Waals surface area contributed by atoms with E-state index in [-0.39, 0.29) is 0 Å². The SMILES string of the molecule is Cn1ccnc1CN1CCC2CCC(C1)N2. The van der Waals surface area contributed by atoms with Crippen LogP contribution in [0.3, 0.4) is 0 Å². The van der Waals surface area contributed by atoms with E-state index >= 15 is 0 Å². The summed E-state index contributed by atoms with van der Waals surface area (Å²) in [6.07, 6.45) is 7.93. The zero-order valence-electron chi connectivity index (χ0n) is 9.89. The van der Waals surface area contributed by atoms with Crippen LogP contribution in [0.2, 0.25) is 0 Å². The number of imidazole rings is 1. The van der Waals surface area contributed by atoms with E-state index in [9.17, 15) is 0 Å². The Hall–Kier alpha value is -0.870. The van der Waals surface area contributed by atoms with Gasteiger partial charge in [-0.15, -0.1) is 0 Å². The van der Waals surface area contributed by atoms with Crippen LogP contribution < -0.4 is 5.32 Å². The number of nitrogens with one attached hydrogen (secondary N) is 1. The van der Waals surface area contributed by atoms with Crippen LogP contribution in [0.15, 0.2) is 12.4 Å². The van der Waals surface area contributed by atoms with Gasteiger partial charge in [0.2, 0.25) is 0 Å². The molecule has 0 aliphatic carbocycles. The molecule has 2 aliphatic heterocycles. The van der Waals surface area contributed by atoms with E-state index in [4.69, 9.17) is 0 Å². The second-order valence-electron chi connectivity index (χ2n) is 5.12. The molecule has 1 aromatic rings. The van der Waals surface area contributed by atoms with E-state index in [1.54, 1.807) is 0 Å². The van der Waals surface area contributed by atoms with E-state index in [0.29, 0.717) is 6.04 Å². The van der Waals surface area contributed by atoms with Gasteiger partial charge in [-0.25, -0.2) is 4.98 Å². The van der Waals surface area contributed by atoms with E-state index in [0.717, 1.165) is 12.6 Å². The summed E-state index contributed by atoms with van der Waals surface area (Å²) in [6.45, 7) is 3.39. The second-order valence-corrected chi connectivity index (χ2v) is 5.12. The van der Waals surface area contributed by atoms with E-state index in [1.165, 1.54) is 38.2 Å². The molecule has 1 aromatic heterocycles. The lowest BCUT2D eigenvalue weighted by Crippen LogP contribution is -2.35. The molecule has 2 saturated heterocycles. The smallest absolute Gasteiger partial charge is 0.122 e. The highest BCUT2D eigenvalue weighted by Crippen LogP contribution is 2.21. The lowest BCUT2D eigenvalue weighted by molar-refractivity contribution is 0.243. The first-order valence-electron chi connectivity index (χ1n) is 6.26. The molecule has 2 aliphatic rings. The van der Waals surface area contributed by atoms with Crippen molar-refractivity contribution < 1.29 is 0 Å². The summed E-state index contributed by atoms with van der Waals surface area (Å²) >= 11 is 0. The molecule has 0 radical (unpaired) electrons. The molecule has 0 aromatic carbocycles. The van der Waals surface area contributed by atoms with Crippen LogP contribution in [-0.2, 0) is 13.6 Å². The highest BCUT2D eigenvalue weighted by Gasteiger charge is 2.29. The van der Waals surface area contributed by atoms with Crippen LogP contribution >= 0.6 is 0 Å². The largest absolute Gasteiger partial charge is 0.337 e. The fraction of sp³-hybridized carbons (Fsp3) is 0.750. The van der Waals surface area contributed by atoms with Crippen LogP contribution in [-0.4, -0.2) is 39.6 Å². The monoisotopic (exact) mass is 220 g/mol. The van der Waals surface area contributed by atoms with Gasteiger partial charge in [0.25, 0.3) is 0 Å². The van der Waals surface area contributed by atoms with Gasteiger partial charge in [-0.1, -0.05) is 0 Å². The number of likely N-dealkylation sites (tertiary alicyclic amines) is 1. The van der Waals surface area contributed by atoms with Gasteiger partial charge in [-0.3, -0.25) is 4.90 Å². The second kappa shape index (κ2) is 4.18. The number of aryl methyl sites for hydroxylation is 1. The average molecular weight is 220 g/mol. The molecule has 3 heterocycles. The third kappa shape index (κ3) is 1.99. The number of fused-ring (bicyclic) bond motifs is 2. The van der Waals surface area contributed by atoms with Gasteiger partial charge in [0.15, 0.2) is 0 Å². The summed E-state index contributed by atoms with van der Waals surface area (Å²) < 4.78 is 2.12. The molecule has 16 heavy (non-hydrogen) atoms. The molecule has 2 atom stereocenters. The molecular formula is C12H20N4. The van der Waals surface area contributed by atoms with Crippen LogP contribution in [0.5, 0.6) is 0 Å². The Morgan fingerprint density at radius 1 is 1.38 bits per heavy atom. The third-order valence-electron chi connectivity index (χ3n) is 3.89. The Morgan fingerprint density at radius 3 is 3.06 bits per heavy atom. The van der Waals surface area contributed by atoms with Crippen LogP contribution in [0, 0.1) is 0 Å². The molecule has 2 fully saturated rings. The summed E-state index contributed by atoms with van der Waals surface area (Å²) in [4.78, 5) is 6.94. The zero-order valence-corrected chi connectivity index (χ0v) is 9.89. The molecule has 4 nitrogen and oxygen atoms in total. The Balaban J connectivity index is 1.65. The van der Waals surface area contributed by atoms with Crippen molar-refractivity contribution in [2.75, 3.05) is 13.1 Å². The number of aromatic nitrogens is 2. The van der Waals surface area contributed by atoms with Gasteiger partial charge in [-0.05, 0) is 19.3 Å². The quantitative estimate of drug-likeness (QED) is 0.798. The molecule has 0 amide bonds. The molecular weight excluding hydrogens is 200 g/mol. The lowest BCUT2D eigenvalue weighted by atomic mass is 10.1. The molecule has 3 rings (SSSR count). The predicted octanol–water partition coefficient (Wildman–Crippen LogP) is 0.746. The van der Waals surface area contributed by atoms with Crippen LogP contribution in [0.4, 0.5) is 0 Å². The first-order chi connectivity index (χ1) is 7.81. The lowest BCUT2D eigenvalue weighted by Gasteiger charge is -2.23. The van der Waals surface area contributed by atoms with Gasteiger partial charge in [0.1, 0.15) is 5.82 Å². The Kier molecular flexibility index (Phi) is 2.69. The summed E-state index contributed by atoms with van der Waals surface area (Å²) in [5, 5.41) is 3.71. The van der Waals surface area contributed by atoms with E-state index < -0.39 is 0 Å². The van der Waals surface area contributed by atoms with Gasteiger partial charge < -0.3 is 9.88 Å². The van der Waals surface area contributed by atoms with E-state index in [2.05, 4.69) is 26.8 Å². The van der Waals surface area contributed by atoms with E-state index in [1.807, 2.05) is 12.4 Å². The van der Waals surface area contributed by atoms with Crippen molar-refractivity contribution in [1.29, 1.82) is 0 Å². The van der Waals surface area contributed by atoms with Crippen LogP contribution in [0.1, 0.15) is 25.1 Å². The zero-order chi connectivity index (χ0) is 11.0. The van der Waals surface area contributed by atoms with Crippen LogP contribution in [0.25, 0.3) is 0 Å². The van der Waals surface area contributed by atoms with Crippen molar-refractivity contribution in [3.63, 3.8) is 0 Å². The summed E-state index contributed by atoms with van der Waals surface area (Å²) in [5.41, 5.74) is 0. The third-order valence-corrected chi connectivity index (χ3v) is 3.89. The Bertz CT molecular complexity index is 360. The van der Waals surface area contributed by atoms with Gasteiger partial charge in [0, 0.05) is 44.6 Å². The number of nitrogens with zero attached hydrogens (tertiary/aromatic N) is 3. The van der Waals surface area contributed by atoms with Gasteiger partial charge >= 0.3 is 0 Å². The standard InChI is InChI=1S/C12H20N4/c1-15-7-5-13-12(15)9-16-6-4-10-2-3-11(8-16)14-10/h5,7,10-11,14H,2-4,6,8-9H2,1H3. The summed E-state index contributed by atoms with van der Waals surface area (Å²) in [5.74, 6) is 1.18. The van der Waals surface area contributed by atoms with Crippen molar-refractivity contribution in [3.05, 3.63) is 18.2 Å². The van der Waals surface area contributed by atoms with Crippen molar-refractivity contribution in [1.82, 2.24) is 19.8 Å². The minimum atomic E-state index is 0.716. The maximum Gasteiger partial charge on any atom is 0.122 e. The van der Waals surface area contributed by atoms with Crippen molar-refractivity contribution >= 4 is 0 Å². The Morgan fingerprint density at radius 2 is 2.25 bits per heavy atom. The molecule has 4 heteroatoms. The van der Waals surface area contributed by atoms with Crippen molar-refractivity contribution in [3.8, 4) is 0 Å². The molecule has 88 valence electrons. The minimum absolute atomic E-state index is 0.716. The van der Waals surface area contributed by atoms with Crippen molar-refractivity contribution in [2.45, 2.75) is 37.9 Å². The van der Waals surface area contributed by atoms with Crippen molar-refractivity contribution in [2.24, 2.45) is 7.05 Å². The van der Waals surface area contributed by atoms with Gasteiger partial charge in [0.05, 0.1) is 6.54 Å². The topological polar surface area (TPSA) is 33.1 Å². The highest BCUT2D eigenvalue weighted by atomic mass is 15.2.